The summed E-state index contributed by atoms with van der Waals surface area (Å²) >= 11 is 0. The van der Waals surface area contributed by atoms with Gasteiger partial charge in [-0.05, 0) is 25.3 Å². The second kappa shape index (κ2) is 7.09. The number of methoxy groups -OCH3 is 1. The lowest BCUT2D eigenvalue weighted by Crippen LogP contribution is -2.27. The van der Waals surface area contributed by atoms with Crippen LogP contribution < -0.4 is 14.8 Å². The molecule has 1 saturated carbocycles. The zero-order valence-corrected chi connectivity index (χ0v) is 13.0. The van der Waals surface area contributed by atoms with Gasteiger partial charge in [-0.3, -0.25) is 4.79 Å². The van der Waals surface area contributed by atoms with Crippen molar-refractivity contribution in [2.45, 2.75) is 31.9 Å². The third kappa shape index (κ3) is 3.77. The maximum atomic E-state index is 12.2. The van der Waals surface area contributed by atoms with E-state index >= 15 is 0 Å². The van der Waals surface area contributed by atoms with E-state index in [2.05, 4.69) is 15.3 Å². The van der Waals surface area contributed by atoms with Crippen LogP contribution in [-0.2, 0) is 6.54 Å². The van der Waals surface area contributed by atoms with Crippen LogP contribution in [0, 0.1) is 0 Å². The number of benzene rings is 1. The fourth-order valence-corrected chi connectivity index (χ4v) is 2.27. The molecule has 23 heavy (non-hydrogen) atoms. The lowest BCUT2D eigenvalue weighted by molar-refractivity contribution is 0.0943. The number of hydrogen-bond acceptors (Lipinski definition) is 5. The zero-order valence-electron chi connectivity index (χ0n) is 13.0. The molecule has 0 spiro atoms. The molecule has 1 fully saturated rings. The maximum Gasteiger partial charge on any atom is 0.270 e. The topological polar surface area (TPSA) is 73.3 Å². The van der Waals surface area contributed by atoms with Crippen molar-refractivity contribution in [3.63, 3.8) is 0 Å². The van der Waals surface area contributed by atoms with Crippen LogP contribution in [0.25, 0.3) is 0 Å². The first-order valence-electron chi connectivity index (χ1n) is 7.65. The Labute approximate surface area is 134 Å². The van der Waals surface area contributed by atoms with E-state index in [0.717, 1.165) is 24.2 Å². The summed E-state index contributed by atoms with van der Waals surface area (Å²) in [6.07, 6.45) is 5.03. The van der Waals surface area contributed by atoms with Crippen LogP contribution in [0.2, 0.25) is 0 Å². The minimum Gasteiger partial charge on any atom is -0.490 e. The van der Waals surface area contributed by atoms with Crippen LogP contribution >= 0.6 is 0 Å². The predicted molar refractivity (Wildman–Crippen MR) is 84.5 cm³/mol. The second-order valence-electron chi connectivity index (χ2n) is 5.41. The number of nitrogens with one attached hydrogen (secondary N) is 1. The van der Waals surface area contributed by atoms with Crippen LogP contribution in [0.1, 0.15) is 35.3 Å². The van der Waals surface area contributed by atoms with Crippen molar-refractivity contribution in [3.05, 3.63) is 47.9 Å². The Bertz CT molecular complexity index is 686. The SMILES string of the molecule is COc1cc(C(=O)NCc2ccccc2OC2CCC2)ncn1. The number of ether oxygens (including phenoxy) is 2. The quantitative estimate of drug-likeness (QED) is 0.886. The van der Waals surface area contributed by atoms with Crippen LogP contribution in [0.15, 0.2) is 36.7 Å². The molecule has 1 N–H and O–H groups in total. The standard InChI is InChI=1S/C17H19N3O3/c1-22-16-9-14(19-11-20-16)17(21)18-10-12-5-2-3-8-15(12)23-13-6-4-7-13/h2-3,5,8-9,11,13H,4,6-7,10H2,1H3,(H,18,21). The Morgan fingerprint density at radius 2 is 2.13 bits per heavy atom. The molecule has 0 unspecified atom stereocenters. The molecular weight excluding hydrogens is 294 g/mol. The maximum absolute atomic E-state index is 12.2. The van der Waals surface area contributed by atoms with Gasteiger partial charge in [-0.2, -0.15) is 0 Å². The summed E-state index contributed by atoms with van der Waals surface area (Å²) < 4.78 is 11.0. The van der Waals surface area contributed by atoms with Gasteiger partial charge in [0.1, 0.15) is 17.8 Å². The summed E-state index contributed by atoms with van der Waals surface area (Å²) in [5.74, 6) is 0.917. The van der Waals surface area contributed by atoms with E-state index in [0.29, 0.717) is 18.5 Å². The molecule has 1 heterocycles. The van der Waals surface area contributed by atoms with Crippen molar-refractivity contribution in [2.75, 3.05) is 7.11 Å². The first kappa shape index (κ1) is 15.3. The molecule has 0 radical (unpaired) electrons. The van der Waals surface area contributed by atoms with Crippen LogP contribution in [0.3, 0.4) is 0 Å². The van der Waals surface area contributed by atoms with Gasteiger partial charge in [-0.15, -0.1) is 0 Å². The van der Waals surface area contributed by atoms with Gasteiger partial charge in [0, 0.05) is 18.2 Å². The third-order valence-corrected chi connectivity index (χ3v) is 3.84. The average Bonchev–Trinajstić information content (AvgIpc) is 2.56. The molecule has 120 valence electrons. The highest BCUT2D eigenvalue weighted by atomic mass is 16.5. The molecule has 2 aromatic rings. The van der Waals surface area contributed by atoms with Gasteiger partial charge in [0.2, 0.25) is 5.88 Å². The number of carbonyl (C=O) groups excluding carboxylic acids is 1. The molecule has 1 aliphatic rings. The molecule has 0 aliphatic heterocycles. The van der Waals surface area contributed by atoms with Crippen molar-refractivity contribution in [1.82, 2.24) is 15.3 Å². The number of hydrogen-bond donors (Lipinski definition) is 1. The number of aromatic nitrogens is 2. The Balaban J connectivity index is 1.64. The van der Waals surface area contributed by atoms with Crippen molar-refractivity contribution in [1.29, 1.82) is 0 Å². The number of rotatable bonds is 6. The minimum absolute atomic E-state index is 0.272. The monoisotopic (exact) mass is 313 g/mol. The lowest BCUT2D eigenvalue weighted by atomic mass is 9.96. The van der Waals surface area contributed by atoms with Gasteiger partial charge in [-0.25, -0.2) is 9.97 Å². The Kier molecular flexibility index (Phi) is 4.71. The Hall–Kier alpha value is -2.63. The molecule has 1 aliphatic carbocycles. The highest BCUT2D eigenvalue weighted by molar-refractivity contribution is 5.92. The van der Waals surface area contributed by atoms with E-state index in [9.17, 15) is 4.79 Å². The Morgan fingerprint density at radius 1 is 1.30 bits per heavy atom. The van der Waals surface area contributed by atoms with Gasteiger partial charge < -0.3 is 14.8 Å². The molecule has 1 aromatic heterocycles. The number of nitrogens with zero attached hydrogens (tertiary/aromatic N) is 2. The minimum atomic E-state index is -0.274. The molecule has 0 saturated heterocycles. The van der Waals surface area contributed by atoms with Gasteiger partial charge in [0.15, 0.2) is 0 Å². The number of carbonyl (C=O) groups is 1. The fourth-order valence-electron chi connectivity index (χ4n) is 2.27. The molecule has 1 amide bonds. The van der Waals surface area contributed by atoms with Crippen molar-refractivity contribution >= 4 is 5.91 Å². The van der Waals surface area contributed by atoms with Crippen LogP contribution in [0.5, 0.6) is 11.6 Å². The largest absolute Gasteiger partial charge is 0.490 e. The van der Waals surface area contributed by atoms with Crippen molar-refractivity contribution < 1.29 is 14.3 Å². The van der Waals surface area contributed by atoms with E-state index in [1.807, 2.05) is 24.3 Å². The number of amides is 1. The Morgan fingerprint density at radius 3 is 2.87 bits per heavy atom. The second-order valence-corrected chi connectivity index (χ2v) is 5.41. The van der Waals surface area contributed by atoms with Gasteiger partial charge in [0.05, 0.1) is 13.2 Å². The summed E-state index contributed by atoms with van der Waals surface area (Å²) in [5, 5.41) is 2.85. The predicted octanol–water partition coefficient (Wildman–Crippen LogP) is 2.35. The average molecular weight is 313 g/mol. The molecule has 6 heteroatoms. The summed E-state index contributed by atoms with van der Waals surface area (Å²) in [5.41, 5.74) is 1.23. The van der Waals surface area contributed by atoms with Crippen molar-refractivity contribution in [3.8, 4) is 11.6 Å². The molecule has 0 atom stereocenters. The van der Waals surface area contributed by atoms with Crippen LogP contribution in [0.4, 0.5) is 0 Å². The smallest absolute Gasteiger partial charge is 0.270 e. The van der Waals surface area contributed by atoms with E-state index in [-0.39, 0.29) is 11.6 Å². The van der Waals surface area contributed by atoms with Gasteiger partial charge in [0.25, 0.3) is 5.91 Å². The summed E-state index contributed by atoms with van der Waals surface area (Å²) in [6, 6.07) is 9.27. The molecule has 0 bridgehead atoms. The fraction of sp³-hybridized carbons (Fsp3) is 0.353. The summed E-state index contributed by atoms with van der Waals surface area (Å²) in [7, 11) is 1.50. The van der Waals surface area contributed by atoms with Gasteiger partial charge >= 0.3 is 0 Å². The zero-order chi connectivity index (χ0) is 16.1. The van der Waals surface area contributed by atoms with Crippen molar-refractivity contribution in [2.24, 2.45) is 0 Å². The highest BCUT2D eigenvalue weighted by Gasteiger charge is 2.20. The van der Waals surface area contributed by atoms with E-state index < -0.39 is 0 Å². The third-order valence-electron chi connectivity index (χ3n) is 3.84. The van der Waals surface area contributed by atoms with Gasteiger partial charge in [-0.1, -0.05) is 18.2 Å². The van der Waals surface area contributed by atoms with E-state index in [1.54, 1.807) is 0 Å². The summed E-state index contributed by atoms with van der Waals surface area (Å²) in [6.45, 7) is 0.383. The highest BCUT2D eigenvalue weighted by Crippen LogP contribution is 2.27. The molecule has 3 rings (SSSR count). The first-order valence-corrected chi connectivity index (χ1v) is 7.65. The van der Waals surface area contributed by atoms with Crippen LogP contribution in [-0.4, -0.2) is 29.1 Å². The summed E-state index contributed by atoms with van der Waals surface area (Å²) in [4.78, 5) is 20.0. The number of para-hydroxylation sites is 1. The van der Waals surface area contributed by atoms with E-state index in [4.69, 9.17) is 9.47 Å². The molecule has 1 aromatic carbocycles. The first-order chi connectivity index (χ1) is 11.3. The molecule has 6 nitrogen and oxygen atoms in total. The lowest BCUT2D eigenvalue weighted by Gasteiger charge is -2.27. The molecular formula is C17H19N3O3. The van der Waals surface area contributed by atoms with E-state index in [1.165, 1.54) is 25.9 Å². The normalized spacial score (nSPS) is 14.0.